The van der Waals surface area contributed by atoms with Crippen LogP contribution in [0.15, 0.2) is 30.3 Å². The van der Waals surface area contributed by atoms with E-state index in [0.717, 1.165) is 27.6 Å². The second kappa shape index (κ2) is 5.88. The topological polar surface area (TPSA) is 20.2 Å². The van der Waals surface area contributed by atoms with Crippen LogP contribution in [-0.4, -0.2) is 10.9 Å². The normalized spacial score (nSPS) is 16.1. The first kappa shape index (κ1) is 13.5. The van der Waals surface area contributed by atoms with Gasteiger partial charge in [0, 0.05) is 27.0 Å². The third-order valence-corrected chi connectivity index (χ3v) is 6.06. The molecule has 1 nitrogen and oxygen atoms in total. The van der Waals surface area contributed by atoms with Gasteiger partial charge in [0.25, 0.3) is 0 Å². The van der Waals surface area contributed by atoms with Crippen LogP contribution in [0.2, 0.25) is 5.02 Å². The monoisotopic (exact) mass is 310 g/mol. The van der Waals surface area contributed by atoms with Crippen molar-refractivity contribution < 1.29 is 5.11 Å². The number of aliphatic hydroxyl groups excluding tert-OH is 1. The lowest BCUT2D eigenvalue weighted by Crippen LogP contribution is -2.00. The van der Waals surface area contributed by atoms with Gasteiger partial charge >= 0.3 is 0 Å². The first-order chi connectivity index (χ1) is 9.24. The van der Waals surface area contributed by atoms with Crippen molar-refractivity contribution in [3.63, 3.8) is 0 Å². The predicted octanol–water partition coefficient (Wildman–Crippen LogP) is 4.47. The van der Waals surface area contributed by atoms with E-state index in [1.807, 2.05) is 36.0 Å². The molecule has 1 unspecified atom stereocenters. The molecule has 1 N–H and O–H groups in total. The molecule has 0 saturated heterocycles. The average molecular weight is 311 g/mol. The number of halogens is 1. The Balaban J connectivity index is 1.79. The van der Waals surface area contributed by atoms with Gasteiger partial charge in [-0.1, -0.05) is 29.8 Å². The fourth-order valence-corrected chi connectivity index (χ4v) is 4.88. The molecule has 4 heteroatoms. The van der Waals surface area contributed by atoms with Crippen LogP contribution in [0.25, 0.3) is 0 Å². The number of aryl methyl sites for hydroxylation is 1. The Hall–Kier alpha value is -0.480. The molecule has 0 spiro atoms. The molecule has 100 valence electrons. The van der Waals surface area contributed by atoms with Crippen LogP contribution >= 0.6 is 34.7 Å². The molecule has 2 heterocycles. The Morgan fingerprint density at radius 3 is 2.95 bits per heavy atom. The second-order valence-corrected chi connectivity index (χ2v) is 7.39. The highest BCUT2D eigenvalue weighted by Gasteiger charge is 2.18. The van der Waals surface area contributed by atoms with Crippen LogP contribution in [0, 0.1) is 0 Å². The number of hydrogen-bond donors (Lipinski definition) is 1. The van der Waals surface area contributed by atoms with Crippen molar-refractivity contribution >= 4 is 34.7 Å². The molecule has 2 aromatic rings. The lowest BCUT2D eigenvalue weighted by Gasteiger charge is -2.09. The molecule has 19 heavy (non-hydrogen) atoms. The molecule has 0 saturated carbocycles. The molecular formula is C15H15ClOS2. The van der Waals surface area contributed by atoms with E-state index in [-0.39, 0.29) is 0 Å². The number of thioether (sulfide) groups is 1. The van der Waals surface area contributed by atoms with Crippen molar-refractivity contribution in [2.45, 2.75) is 24.7 Å². The van der Waals surface area contributed by atoms with Crippen molar-refractivity contribution in [1.29, 1.82) is 0 Å². The minimum absolute atomic E-state index is 0.444. The number of rotatable bonds is 3. The summed E-state index contributed by atoms with van der Waals surface area (Å²) in [7, 11) is 0. The third-order valence-electron chi connectivity index (χ3n) is 3.35. The van der Waals surface area contributed by atoms with Crippen molar-refractivity contribution in [1.82, 2.24) is 0 Å². The van der Waals surface area contributed by atoms with Crippen LogP contribution in [-0.2, 0) is 18.6 Å². The van der Waals surface area contributed by atoms with Gasteiger partial charge in [0.05, 0.1) is 6.10 Å². The molecule has 3 rings (SSSR count). The summed E-state index contributed by atoms with van der Waals surface area (Å²) in [4.78, 5) is 2.53. The average Bonchev–Trinajstić information content (AvgIpc) is 2.85. The zero-order valence-corrected chi connectivity index (χ0v) is 12.8. The third kappa shape index (κ3) is 3.00. The molecule has 0 fully saturated rings. The quantitative estimate of drug-likeness (QED) is 0.902. The Morgan fingerprint density at radius 2 is 2.16 bits per heavy atom. The summed E-state index contributed by atoms with van der Waals surface area (Å²) < 4.78 is 0. The fraction of sp³-hybridized carbons (Fsp3) is 0.333. The molecular weight excluding hydrogens is 296 g/mol. The van der Waals surface area contributed by atoms with Crippen molar-refractivity contribution in [2.75, 3.05) is 5.75 Å². The van der Waals surface area contributed by atoms with E-state index in [4.69, 9.17) is 11.6 Å². The predicted molar refractivity (Wildman–Crippen MR) is 84.3 cm³/mol. The molecule has 1 aliphatic rings. The molecule has 1 aliphatic heterocycles. The number of benzene rings is 1. The molecule has 1 aromatic heterocycles. The van der Waals surface area contributed by atoms with Crippen molar-refractivity contribution in [3.8, 4) is 0 Å². The first-order valence-corrected chi connectivity index (χ1v) is 8.69. The SMILES string of the molecule is OC(Cc1ccccc1Cl)c1cc2c(s1)CCSC2. The summed E-state index contributed by atoms with van der Waals surface area (Å²) in [5, 5.41) is 11.1. The van der Waals surface area contributed by atoms with Crippen LogP contribution in [0.1, 0.15) is 27.0 Å². The van der Waals surface area contributed by atoms with Gasteiger partial charge in [-0.25, -0.2) is 0 Å². The minimum atomic E-state index is -0.444. The highest BCUT2D eigenvalue weighted by atomic mass is 35.5. The van der Waals surface area contributed by atoms with E-state index in [9.17, 15) is 5.11 Å². The number of thiophene rings is 1. The highest BCUT2D eigenvalue weighted by molar-refractivity contribution is 7.98. The van der Waals surface area contributed by atoms with E-state index < -0.39 is 6.10 Å². The van der Waals surface area contributed by atoms with Crippen LogP contribution in [0.5, 0.6) is 0 Å². The largest absolute Gasteiger partial charge is 0.387 e. The Kier molecular flexibility index (Phi) is 4.18. The fourth-order valence-electron chi connectivity index (χ4n) is 2.31. The van der Waals surface area contributed by atoms with Gasteiger partial charge in [0.2, 0.25) is 0 Å². The van der Waals surface area contributed by atoms with E-state index in [1.54, 1.807) is 11.3 Å². The molecule has 0 aliphatic carbocycles. The smallest absolute Gasteiger partial charge is 0.0922 e. The zero-order valence-electron chi connectivity index (χ0n) is 10.4. The molecule has 0 bridgehead atoms. The second-order valence-electron chi connectivity index (χ2n) is 4.71. The lowest BCUT2D eigenvalue weighted by atomic mass is 10.1. The van der Waals surface area contributed by atoms with Gasteiger partial charge < -0.3 is 5.11 Å². The number of hydrogen-bond acceptors (Lipinski definition) is 3. The Morgan fingerprint density at radius 1 is 1.32 bits per heavy atom. The van der Waals surface area contributed by atoms with E-state index in [1.165, 1.54) is 16.2 Å². The summed E-state index contributed by atoms with van der Waals surface area (Å²) >= 11 is 9.88. The molecule has 0 amide bonds. The zero-order chi connectivity index (χ0) is 13.2. The Bertz CT molecular complexity index is 556. The summed E-state index contributed by atoms with van der Waals surface area (Å²) in [6.07, 6.45) is 1.29. The van der Waals surface area contributed by atoms with Crippen LogP contribution in [0.3, 0.4) is 0 Å². The van der Waals surface area contributed by atoms with Gasteiger partial charge in [-0.15, -0.1) is 11.3 Å². The lowest BCUT2D eigenvalue weighted by molar-refractivity contribution is 0.182. The maximum Gasteiger partial charge on any atom is 0.0922 e. The standard InChI is InChI=1S/C15H15ClOS2/c16-12-4-2-1-3-10(12)7-13(17)15-8-11-9-18-6-5-14(11)19-15/h1-4,8,13,17H,5-7,9H2. The Labute approximate surface area is 126 Å². The van der Waals surface area contributed by atoms with E-state index in [0.29, 0.717) is 6.42 Å². The van der Waals surface area contributed by atoms with E-state index >= 15 is 0 Å². The van der Waals surface area contributed by atoms with Crippen LogP contribution in [0.4, 0.5) is 0 Å². The number of fused-ring (bicyclic) bond motifs is 1. The molecule has 0 radical (unpaired) electrons. The maximum absolute atomic E-state index is 10.4. The minimum Gasteiger partial charge on any atom is -0.387 e. The molecule has 1 aromatic carbocycles. The van der Waals surface area contributed by atoms with Gasteiger partial charge in [0.1, 0.15) is 0 Å². The summed E-state index contributed by atoms with van der Waals surface area (Å²) in [5.41, 5.74) is 2.42. The van der Waals surface area contributed by atoms with Gasteiger partial charge in [-0.3, -0.25) is 0 Å². The highest BCUT2D eigenvalue weighted by Crippen LogP contribution is 2.35. The van der Waals surface area contributed by atoms with Gasteiger partial charge in [0.15, 0.2) is 0 Å². The first-order valence-electron chi connectivity index (χ1n) is 6.35. The van der Waals surface area contributed by atoms with Gasteiger partial charge in [-0.05, 0) is 35.4 Å². The number of aliphatic hydroxyl groups is 1. The summed E-state index contributed by atoms with van der Waals surface area (Å²) in [5.74, 6) is 2.29. The van der Waals surface area contributed by atoms with E-state index in [2.05, 4.69) is 6.07 Å². The van der Waals surface area contributed by atoms with Crippen LogP contribution < -0.4 is 0 Å². The summed E-state index contributed by atoms with van der Waals surface area (Å²) in [6.45, 7) is 0. The van der Waals surface area contributed by atoms with Crippen molar-refractivity contribution in [3.05, 3.63) is 56.2 Å². The van der Waals surface area contributed by atoms with Gasteiger partial charge in [-0.2, -0.15) is 11.8 Å². The maximum atomic E-state index is 10.4. The van der Waals surface area contributed by atoms with Crippen molar-refractivity contribution in [2.24, 2.45) is 0 Å². The summed E-state index contributed by atoms with van der Waals surface area (Å²) in [6, 6.07) is 9.91. The molecule has 1 atom stereocenters.